The summed E-state index contributed by atoms with van der Waals surface area (Å²) < 4.78 is 12.5. The van der Waals surface area contributed by atoms with E-state index < -0.39 is 5.95 Å². The lowest BCUT2D eigenvalue weighted by molar-refractivity contribution is 0.574. The highest BCUT2D eigenvalue weighted by Gasteiger charge is 2.09. The fourth-order valence-corrected chi connectivity index (χ4v) is 1.48. The first-order valence-electron chi connectivity index (χ1n) is 4.43. The van der Waals surface area contributed by atoms with Crippen molar-refractivity contribution in [3.05, 3.63) is 24.3 Å². The number of hydrogen-bond donors (Lipinski definition) is 1. The second kappa shape index (κ2) is 3.70. The first-order chi connectivity index (χ1) is 6.36. The van der Waals surface area contributed by atoms with Crippen LogP contribution < -0.4 is 10.2 Å². The van der Waals surface area contributed by atoms with E-state index in [-0.39, 0.29) is 0 Å². The summed E-state index contributed by atoms with van der Waals surface area (Å²) >= 11 is 0. The van der Waals surface area contributed by atoms with Gasteiger partial charge >= 0.3 is 0 Å². The topological polar surface area (TPSA) is 28.2 Å². The zero-order valence-corrected chi connectivity index (χ0v) is 7.33. The Kier molecular flexibility index (Phi) is 2.40. The van der Waals surface area contributed by atoms with Crippen LogP contribution in [0.2, 0.25) is 0 Å². The molecule has 1 aliphatic rings. The predicted octanol–water partition coefficient (Wildman–Crippen LogP) is 0.630. The molecule has 0 amide bonds. The number of nitrogens with one attached hydrogen (secondary N) is 1. The largest absolute Gasteiger partial charge is 0.368 e. The molecule has 1 fully saturated rings. The van der Waals surface area contributed by atoms with Crippen LogP contribution in [0.1, 0.15) is 0 Å². The van der Waals surface area contributed by atoms with E-state index in [1.807, 2.05) is 0 Å². The van der Waals surface area contributed by atoms with Crippen LogP contribution in [0.15, 0.2) is 18.3 Å². The van der Waals surface area contributed by atoms with E-state index in [2.05, 4.69) is 15.2 Å². The molecule has 1 aromatic rings. The van der Waals surface area contributed by atoms with Crippen LogP contribution in [0.5, 0.6) is 0 Å². The maximum Gasteiger partial charge on any atom is 0.212 e. The number of aromatic nitrogens is 1. The molecule has 0 aliphatic carbocycles. The Morgan fingerprint density at radius 1 is 1.31 bits per heavy atom. The zero-order valence-electron chi connectivity index (χ0n) is 7.33. The minimum Gasteiger partial charge on any atom is -0.368 e. The fraction of sp³-hybridized carbons (Fsp3) is 0.444. The Bertz CT molecular complexity index is 267. The van der Waals surface area contributed by atoms with E-state index in [0.29, 0.717) is 0 Å². The second-order valence-electron chi connectivity index (χ2n) is 3.08. The van der Waals surface area contributed by atoms with Crippen molar-refractivity contribution in [1.29, 1.82) is 0 Å². The number of rotatable bonds is 1. The SMILES string of the molecule is Fc1ccc(N2CCNCC2)cn1. The van der Waals surface area contributed by atoms with Gasteiger partial charge in [-0.25, -0.2) is 4.98 Å². The third kappa shape index (κ3) is 1.95. The highest BCUT2D eigenvalue weighted by Crippen LogP contribution is 2.12. The van der Waals surface area contributed by atoms with E-state index in [9.17, 15) is 4.39 Å². The van der Waals surface area contributed by atoms with Crippen molar-refractivity contribution in [1.82, 2.24) is 10.3 Å². The fourth-order valence-electron chi connectivity index (χ4n) is 1.48. The van der Waals surface area contributed by atoms with E-state index in [4.69, 9.17) is 0 Å². The van der Waals surface area contributed by atoms with E-state index in [1.54, 1.807) is 12.3 Å². The van der Waals surface area contributed by atoms with Crippen molar-refractivity contribution in [3.8, 4) is 0 Å². The van der Waals surface area contributed by atoms with Crippen LogP contribution in [0.4, 0.5) is 10.1 Å². The molecule has 13 heavy (non-hydrogen) atoms. The van der Waals surface area contributed by atoms with Gasteiger partial charge in [0.1, 0.15) is 0 Å². The highest BCUT2D eigenvalue weighted by molar-refractivity contribution is 5.44. The number of hydrogen-bond acceptors (Lipinski definition) is 3. The maximum absolute atomic E-state index is 12.5. The molecular formula is C9H12FN3. The molecule has 0 atom stereocenters. The quantitative estimate of drug-likeness (QED) is 0.644. The molecule has 2 heterocycles. The summed E-state index contributed by atoms with van der Waals surface area (Å²) in [5.41, 5.74) is 1.00. The minimum atomic E-state index is -0.418. The van der Waals surface area contributed by atoms with Gasteiger partial charge in [0.15, 0.2) is 0 Å². The minimum absolute atomic E-state index is 0.418. The van der Waals surface area contributed by atoms with Gasteiger partial charge in [0.05, 0.1) is 11.9 Å². The number of anilines is 1. The Morgan fingerprint density at radius 3 is 2.69 bits per heavy atom. The second-order valence-corrected chi connectivity index (χ2v) is 3.08. The van der Waals surface area contributed by atoms with Crippen molar-refractivity contribution in [3.63, 3.8) is 0 Å². The number of nitrogens with zero attached hydrogens (tertiary/aromatic N) is 2. The van der Waals surface area contributed by atoms with Crippen LogP contribution in [0, 0.1) is 5.95 Å². The number of pyridine rings is 1. The molecule has 4 heteroatoms. The molecule has 0 saturated carbocycles. The number of piperazine rings is 1. The maximum atomic E-state index is 12.5. The molecule has 1 saturated heterocycles. The van der Waals surface area contributed by atoms with Crippen LogP contribution in [0.3, 0.4) is 0 Å². The highest BCUT2D eigenvalue weighted by atomic mass is 19.1. The summed E-state index contributed by atoms with van der Waals surface area (Å²) in [4.78, 5) is 5.82. The average molecular weight is 181 g/mol. The van der Waals surface area contributed by atoms with Gasteiger partial charge in [0, 0.05) is 26.2 Å². The smallest absolute Gasteiger partial charge is 0.212 e. The van der Waals surface area contributed by atoms with Crippen molar-refractivity contribution in [2.24, 2.45) is 0 Å². The average Bonchev–Trinajstić information content (AvgIpc) is 2.20. The Morgan fingerprint density at radius 2 is 2.08 bits per heavy atom. The molecule has 3 nitrogen and oxygen atoms in total. The van der Waals surface area contributed by atoms with Crippen molar-refractivity contribution < 1.29 is 4.39 Å². The van der Waals surface area contributed by atoms with E-state index in [1.165, 1.54) is 6.07 Å². The molecule has 70 valence electrons. The van der Waals surface area contributed by atoms with Gasteiger partial charge in [-0.1, -0.05) is 0 Å². The van der Waals surface area contributed by atoms with Gasteiger partial charge < -0.3 is 10.2 Å². The van der Waals surface area contributed by atoms with Gasteiger partial charge in [-0.2, -0.15) is 4.39 Å². The molecule has 1 aromatic heterocycles. The summed E-state index contributed by atoms with van der Waals surface area (Å²) in [5.74, 6) is -0.418. The zero-order chi connectivity index (χ0) is 9.10. The standard InChI is InChI=1S/C9H12FN3/c10-9-2-1-8(7-12-9)13-5-3-11-4-6-13/h1-2,7,11H,3-6H2. The molecule has 0 unspecified atom stereocenters. The molecule has 0 radical (unpaired) electrons. The molecule has 0 spiro atoms. The Hall–Kier alpha value is -1.16. The van der Waals surface area contributed by atoms with Crippen LogP contribution in [-0.4, -0.2) is 31.2 Å². The molecule has 0 aromatic carbocycles. The van der Waals surface area contributed by atoms with Crippen LogP contribution in [0.25, 0.3) is 0 Å². The summed E-state index contributed by atoms with van der Waals surface area (Å²) in [6, 6.07) is 3.17. The van der Waals surface area contributed by atoms with E-state index in [0.717, 1.165) is 31.9 Å². The van der Waals surface area contributed by atoms with Gasteiger partial charge in [-0.3, -0.25) is 0 Å². The summed E-state index contributed by atoms with van der Waals surface area (Å²) in [5, 5.41) is 3.26. The molecule has 1 N–H and O–H groups in total. The predicted molar refractivity (Wildman–Crippen MR) is 49.3 cm³/mol. The summed E-state index contributed by atoms with van der Waals surface area (Å²) in [7, 11) is 0. The Labute approximate surface area is 76.6 Å². The van der Waals surface area contributed by atoms with Gasteiger partial charge in [-0.15, -0.1) is 0 Å². The lowest BCUT2D eigenvalue weighted by Crippen LogP contribution is -2.43. The third-order valence-electron chi connectivity index (χ3n) is 2.19. The van der Waals surface area contributed by atoms with Crippen molar-refractivity contribution in [2.75, 3.05) is 31.1 Å². The number of halogens is 1. The molecule has 0 bridgehead atoms. The third-order valence-corrected chi connectivity index (χ3v) is 2.19. The van der Waals surface area contributed by atoms with Crippen molar-refractivity contribution in [2.45, 2.75) is 0 Å². The first-order valence-corrected chi connectivity index (χ1v) is 4.43. The van der Waals surface area contributed by atoms with Gasteiger partial charge in [0.2, 0.25) is 5.95 Å². The van der Waals surface area contributed by atoms with Crippen LogP contribution >= 0.6 is 0 Å². The monoisotopic (exact) mass is 181 g/mol. The van der Waals surface area contributed by atoms with Crippen molar-refractivity contribution >= 4 is 5.69 Å². The summed E-state index contributed by atoms with van der Waals surface area (Å²) in [6.07, 6.45) is 1.58. The van der Waals surface area contributed by atoms with E-state index >= 15 is 0 Å². The lowest BCUT2D eigenvalue weighted by Gasteiger charge is -2.28. The summed E-state index contributed by atoms with van der Waals surface area (Å²) in [6.45, 7) is 3.90. The molecule has 2 rings (SSSR count). The molecule has 1 aliphatic heterocycles. The Balaban J connectivity index is 2.10. The van der Waals surface area contributed by atoms with Gasteiger partial charge in [-0.05, 0) is 12.1 Å². The first kappa shape index (κ1) is 8.44. The normalized spacial score (nSPS) is 17.5. The lowest BCUT2D eigenvalue weighted by atomic mass is 10.3. The van der Waals surface area contributed by atoms with Crippen LogP contribution in [-0.2, 0) is 0 Å². The molecular weight excluding hydrogens is 169 g/mol. The van der Waals surface area contributed by atoms with Gasteiger partial charge in [0.25, 0.3) is 0 Å².